The first kappa shape index (κ1) is 12.2. The van der Waals surface area contributed by atoms with Crippen LogP contribution in [0.25, 0.3) is 0 Å². The predicted octanol–water partition coefficient (Wildman–Crippen LogP) is 3.15. The molecule has 19 heavy (non-hydrogen) atoms. The van der Waals surface area contributed by atoms with E-state index in [4.69, 9.17) is 0 Å². The summed E-state index contributed by atoms with van der Waals surface area (Å²) in [7, 11) is 0. The molecule has 0 atom stereocenters. The Bertz CT molecular complexity index is 679. The van der Waals surface area contributed by atoms with Crippen molar-refractivity contribution in [2.45, 2.75) is 5.92 Å². The van der Waals surface area contributed by atoms with E-state index in [0.29, 0.717) is 15.6 Å². The van der Waals surface area contributed by atoms with Crippen LogP contribution in [0, 0.1) is 5.82 Å². The number of hydrogen-bond acceptors (Lipinski definition) is 3. The molecule has 0 bridgehead atoms. The maximum absolute atomic E-state index is 13.9. The van der Waals surface area contributed by atoms with Crippen molar-refractivity contribution in [3.63, 3.8) is 0 Å². The van der Waals surface area contributed by atoms with Crippen LogP contribution < -0.4 is 0 Å². The molecule has 2 aromatic rings. The Hall–Kier alpha value is -1.88. The van der Waals surface area contributed by atoms with Gasteiger partial charge in [-0.3, -0.25) is 14.6 Å². The normalized spacial score (nSPS) is 14.8. The zero-order valence-corrected chi connectivity index (χ0v) is 11.1. The van der Waals surface area contributed by atoms with Gasteiger partial charge in [-0.25, -0.2) is 4.39 Å². The zero-order chi connectivity index (χ0) is 13.6. The first-order valence-corrected chi connectivity index (χ1v) is 6.37. The fraction of sp³-hybridized carbons (Fsp3) is 0.0714. The van der Waals surface area contributed by atoms with Gasteiger partial charge in [-0.2, -0.15) is 0 Å². The lowest BCUT2D eigenvalue weighted by atomic mass is 9.99. The number of fused-ring (bicyclic) bond motifs is 1. The van der Waals surface area contributed by atoms with Crippen LogP contribution in [0.3, 0.4) is 0 Å². The molecule has 5 heteroatoms. The summed E-state index contributed by atoms with van der Waals surface area (Å²) >= 11 is 3.09. The minimum absolute atomic E-state index is 0.116. The van der Waals surface area contributed by atoms with Crippen molar-refractivity contribution in [2.75, 3.05) is 0 Å². The fourth-order valence-corrected chi connectivity index (χ4v) is 2.53. The van der Waals surface area contributed by atoms with Crippen LogP contribution in [-0.4, -0.2) is 16.6 Å². The molecular formula is C14H7BrFNO2. The summed E-state index contributed by atoms with van der Waals surface area (Å²) in [5.74, 6) is -2.61. The third kappa shape index (κ3) is 1.81. The molecule has 0 amide bonds. The molecule has 1 aliphatic rings. The van der Waals surface area contributed by atoms with Gasteiger partial charge < -0.3 is 0 Å². The second-order valence-electron chi connectivity index (χ2n) is 4.23. The maximum Gasteiger partial charge on any atom is 0.180 e. The lowest BCUT2D eigenvalue weighted by Gasteiger charge is -2.07. The molecule has 1 heterocycles. The highest BCUT2D eigenvalue weighted by atomic mass is 79.9. The Balaban J connectivity index is 2.14. The highest BCUT2D eigenvalue weighted by Gasteiger charge is 2.41. The number of carbonyl (C=O) groups is 2. The number of pyridine rings is 1. The molecule has 0 spiro atoms. The summed E-state index contributed by atoms with van der Waals surface area (Å²) in [5.41, 5.74) is 0.553. The Morgan fingerprint density at radius 3 is 2.21 bits per heavy atom. The van der Waals surface area contributed by atoms with E-state index in [0.717, 1.165) is 0 Å². The number of hydrogen-bond donors (Lipinski definition) is 0. The zero-order valence-electron chi connectivity index (χ0n) is 9.56. The molecule has 0 saturated carbocycles. The lowest BCUT2D eigenvalue weighted by Crippen LogP contribution is -2.16. The van der Waals surface area contributed by atoms with Crippen LogP contribution in [-0.2, 0) is 0 Å². The summed E-state index contributed by atoms with van der Waals surface area (Å²) in [4.78, 5) is 28.3. The number of ketones is 2. The molecule has 0 unspecified atom stereocenters. The molecule has 1 aromatic carbocycles. The number of carbonyl (C=O) groups excluding carboxylic acids is 2. The largest absolute Gasteiger partial charge is 0.293 e. The number of rotatable bonds is 1. The molecule has 1 aliphatic carbocycles. The van der Waals surface area contributed by atoms with Gasteiger partial charge in [-0.05, 0) is 22.0 Å². The van der Waals surface area contributed by atoms with Gasteiger partial charge >= 0.3 is 0 Å². The average molecular weight is 320 g/mol. The Labute approximate surface area is 116 Å². The van der Waals surface area contributed by atoms with Crippen LogP contribution in [0.2, 0.25) is 0 Å². The van der Waals surface area contributed by atoms with Crippen LogP contribution in [0.1, 0.15) is 32.3 Å². The van der Waals surface area contributed by atoms with E-state index in [1.807, 2.05) is 0 Å². The van der Waals surface area contributed by atoms with Gasteiger partial charge in [0.05, 0.1) is 5.69 Å². The summed E-state index contributed by atoms with van der Waals surface area (Å²) in [5, 5.41) is 0. The van der Waals surface area contributed by atoms with Crippen LogP contribution >= 0.6 is 15.9 Å². The number of halogens is 2. The molecule has 0 radical (unpaired) electrons. The van der Waals surface area contributed by atoms with Crippen molar-refractivity contribution >= 4 is 27.5 Å². The number of nitrogens with zero attached hydrogens (tertiary/aromatic N) is 1. The van der Waals surface area contributed by atoms with Crippen molar-refractivity contribution in [1.82, 2.24) is 4.98 Å². The van der Waals surface area contributed by atoms with E-state index in [2.05, 4.69) is 20.9 Å². The number of Topliss-reactive ketones (excluding diaryl/α,β-unsaturated/α-hetero) is 2. The molecule has 0 aliphatic heterocycles. The van der Waals surface area contributed by atoms with Crippen LogP contribution in [0.5, 0.6) is 0 Å². The summed E-state index contributed by atoms with van der Waals surface area (Å²) < 4.78 is 14.3. The standard InChI is InChI=1S/C14H7BrFNO2/c15-7-5-10(16)12(17-6-7)11-13(18)8-3-1-2-4-9(8)14(11)19/h1-6,11H. The van der Waals surface area contributed by atoms with Gasteiger partial charge in [-0.15, -0.1) is 0 Å². The topological polar surface area (TPSA) is 47.0 Å². The fourth-order valence-electron chi connectivity index (χ4n) is 2.23. The molecular weight excluding hydrogens is 313 g/mol. The molecule has 3 rings (SSSR count). The first-order valence-electron chi connectivity index (χ1n) is 5.58. The van der Waals surface area contributed by atoms with E-state index < -0.39 is 23.3 Å². The van der Waals surface area contributed by atoms with Crippen molar-refractivity contribution < 1.29 is 14.0 Å². The molecule has 1 aromatic heterocycles. The minimum atomic E-state index is -1.16. The summed E-state index contributed by atoms with van der Waals surface area (Å²) in [6.07, 6.45) is 1.38. The smallest absolute Gasteiger partial charge is 0.180 e. The third-order valence-electron chi connectivity index (χ3n) is 3.09. The van der Waals surface area contributed by atoms with Crippen molar-refractivity contribution in [3.05, 3.63) is 63.6 Å². The first-order chi connectivity index (χ1) is 9.09. The Kier molecular flexibility index (Phi) is 2.78. The molecule has 0 fully saturated rings. The molecule has 0 saturated heterocycles. The maximum atomic E-state index is 13.9. The van der Waals surface area contributed by atoms with Gasteiger partial charge in [0.15, 0.2) is 11.6 Å². The van der Waals surface area contributed by atoms with Crippen LogP contribution in [0.15, 0.2) is 41.0 Å². The molecule has 3 nitrogen and oxygen atoms in total. The molecule has 0 N–H and O–H groups in total. The van der Waals surface area contributed by atoms with Crippen molar-refractivity contribution in [3.8, 4) is 0 Å². The van der Waals surface area contributed by atoms with E-state index in [1.165, 1.54) is 12.3 Å². The monoisotopic (exact) mass is 319 g/mol. The van der Waals surface area contributed by atoms with E-state index >= 15 is 0 Å². The van der Waals surface area contributed by atoms with E-state index in [9.17, 15) is 14.0 Å². The quantitative estimate of drug-likeness (QED) is 0.759. The second-order valence-corrected chi connectivity index (χ2v) is 5.14. The number of aromatic nitrogens is 1. The Morgan fingerprint density at radius 2 is 1.68 bits per heavy atom. The van der Waals surface area contributed by atoms with E-state index in [-0.39, 0.29) is 5.69 Å². The Morgan fingerprint density at radius 1 is 1.11 bits per heavy atom. The van der Waals surface area contributed by atoms with Crippen LogP contribution in [0.4, 0.5) is 4.39 Å². The summed E-state index contributed by atoms with van der Waals surface area (Å²) in [6, 6.07) is 7.71. The van der Waals surface area contributed by atoms with Crippen molar-refractivity contribution in [1.29, 1.82) is 0 Å². The number of benzene rings is 1. The van der Waals surface area contributed by atoms with Gasteiger partial charge in [0.1, 0.15) is 11.7 Å². The summed E-state index contributed by atoms with van der Waals surface area (Å²) in [6.45, 7) is 0. The molecule has 94 valence electrons. The third-order valence-corrected chi connectivity index (χ3v) is 3.53. The minimum Gasteiger partial charge on any atom is -0.293 e. The SMILES string of the molecule is O=C1c2ccccc2C(=O)C1c1ncc(Br)cc1F. The van der Waals surface area contributed by atoms with Crippen molar-refractivity contribution in [2.24, 2.45) is 0 Å². The second kappa shape index (κ2) is 4.35. The van der Waals surface area contributed by atoms with Gasteiger partial charge in [-0.1, -0.05) is 24.3 Å². The van der Waals surface area contributed by atoms with Gasteiger partial charge in [0, 0.05) is 21.8 Å². The van der Waals surface area contributed by atoms with Gasteiger partial charge in [0.2, 0.25) is 0 Å². The van der Waals surface area contributed by atoms with Gasteiger partial charge in [0.25, 0.3) is 0 Å². The highest BCUT2D eigenvalue weighted by Crippen LogP contribution is 2.34. The predicted molar refractivity (Wildman–Crippen MR) is 69.7 cm³/mol. The van der Waals surface area contributed by atoms with E-state index in [1.54, 1.807) is 24.3 Å². The highest BCUT2D eigenvalue weighted by molar-refractivity contribution is 9.10. The average Bonchev–Trinajstić information content (AvgIpc) is 2.64. The lowest BCUT2D eigenvalue weighted by molar-refractivity contribution is 0.0885.